The molecule has 18 heavy (non-hydrogen) atoms. The maximum absolute atomic E-state index is 12.0. The summed E-state index contributed by atoms with van der Waals surface area (Å²) in [4.78, 5) is 29.4. The fourth-order valence-corrected chi connectivity index (χ4v) is 2.08. The van der Waals surface area contributed by atoms with E-state index in [-0.39, 0.29) is 5.91 Å². The van der Waals surface area contributed by atoms with Crippen molar-refractivity contribution in [1.82, 2.24) is 15.3 Å². The molecule has 0 aromatic carbocycles. The Hall–Kier alpha value is -1.34. The Morgan fingerprint density at radius 1 is 1.61 bits per heavy atom. The van der Waals surface area contributed by atoms with Crippen molar-refractivity contribution < 1.29 is 9.90 Å². The highest BCUT2D eigenvalue weighted by Crippen LogP contribution is 2.17. The Labute approximate surface area is 109 Å². The van der Waals surface area contributed by atoms with Crippen molar-refractivity contribution in [2.45, 2.75) is 31.4 Å². The van der Waals surface area contributed by atoms with Gasteiger partial charge in [0.15, 0.2) is 0 Å². The highest BCUT2D eigenvalue weighted by Gasteiger charge is 2.16. The second kappa shape index (κ2) is 6.55. The van der Waals surface area contributed by atoms with Crippen LogP contribution in [0.25, 0.3) is 0 Å². The molecule has 0 saturated heterocycles. The summed E-state index contributed by atoms with van der Waals surface area (Å²) in [6.45, 7) is 3.70. The van der Waals surface area contributed by atoms with Gasteiger partial charge in [-0.3, -0.25) is 4.79 Å². The van der Waals surface area contributed by atoms with Gasteiger partial charge < -0.3 is 15.4 Å². The van der Waals surface area contributed by atoms with Crippen LogP contribution in [0.2, 0.25) is 0 Å². The lowest BCUT2D eigenvalue weighted by molar-refractivity contribution is 0.0940. The van der Waals surface area contributed by atoms with E-state index in [0.717, 1.165) is 0 Å². The maximum Gasteiger partial charge on any atom is 0.346 e. The van der Waals surface area contributed by atoms with Crippen molar-refractivity contribution in [2.24, 2.45) is 0 Å². The zero-order valence-corrected chi connectivity index (χ0v) is 11.4. The van der Waals surface area contributed by atoms with E-state index in [0.29, 0.717) is 29.2 Å². The summed E-state index contributed by atoms with van der Waals surface area (Å²) in [5, 5.41) is 12.2. The number of nitrogens with zero attached hydrogens (tertiary/aromatic N) is 1. The van der Waals surface area contributed by atoms with Gasteiger partial charge in [-0.05, 0) is 26.5 Å². The van der Waals surface area contributed by atoms with Crippen molar-refractivity contribution in [2.75, 3.05) is 12.8 Å². The van der Waals surface area contributed by atoms with Crippen LogP contribution in [0.5, 0.6) is 0 Å². The van der Waals surface area contributed by atoms with Gasteiger partial charge in [0.1, 0.15) is 5.03 Å². The summed E-state index contributed by atoms with van der Waals surface area (Å²) < 4.78 is 0. The minimum atomic E-state index is -0.461. The lowest BCUT2D eigenvalue weighted by Crippen LogP contribution is -2.29. The minimum Gasteiger partial charge on any atom is -0.393 e. The van der Waals surface area contributed by atoms with Crippen LogP contribution in [0.3, 0.4) is 0 Å². The molecule has 0 saturated carbocycles. The Kier molecular flexibility index (Phi) is 5.36. The van der Waals surface area contributed by atoms with Crippen molar-refractivity contribution in [3.63, 3.8) is 0 Å². The van der Waals surface area contributed by atoms with E-state index >= 15 is 0 Å². The molecule has 0 aliphatic heterocycles. The molecule has 0 aliphatic rings. The van der Waals surface area contributed by atoms with Gasteiger partial charge in [0, 0.05) is 12.2 Å². The third-order valence-electron chi connectivity index (χ3n) is 2.35. The normalized spacial score (nSPS) is 12.2. The molecule has 1 amide bonds. The number of amides is 1. The smallest absolute Gasteiger partial charge is 0.346 e. The average Bonchev–Trinajstić information content (AvgIpc) is 2.26. The number of aliphatic hydroxyl groups is 1. The van der Waals surface area contributed by atoms with E-state index in [4.69, 9.17) is 5.11 Å². The van der Waals surface area contributed by atoms with Gasteiger partial charge in [-0.15, -0.1) is 11.8 Å². The molecule has 1 aromatic heterocycles. The topological polar surface area (TPSA) is 95.1 Å². The van der Waals surface area contributed by atoms with Crippen molar-refractivity contribution in [3.05, 3.63) is 21.7 Å². The standard InChI is InChI=1S/C11H17N3O3S/c1-6(15)4-5-12-9(16)8-7(2)13-11(17)14-10(8)18-3/h6,15H,4-5H2,1-3H3,(H,12,16)(H,13,14,17). The third kappa shape index (κ3) is 3.85. The first kappa shape index (κ1) is 14.7. The first-order chi connectivity index (χ1) is 8.45. The zero-order chi connectivity index (χ0) is 13.7. The Morgan fingerprint density at radius 3 is 2.83 bits per heavy atom. The van der Waals surface area contributed by atoms with Crippen LogP contribution in [0.4, 0.5) is 0 Å². The summed E-state index contributed by atoms with van der Waals surface area (Å²) in [5.74, 6) is -0.291. The number of thioether (sulfide) groups is 1. The molecule has 6 nitrogen and oxygen atoms in total. The van der Waals surface area contributed by atoms with Crippen LogP contribution in [-0.2, 0) is 0 Å². The van der Waals surface area contributed by atoms with Crippen LogP contribution in [-0.4, -0.2) is 39.9 Å². The monoisotopic (exact) mass is 271 g/mol. The van der Waals surface area contributed by atoms with E-state index in [2.05, 4.69) is 15.3 Å². The lowest BCUT2D eigenvalue weighted by Gasteiger charge is -2.10. The molecule has 1 heterocycles. The number of hydrogen-bond donors (Lipinski definition) is 3. The number of H-pyrrole nitrogens is 1. The number of nitrogens with one attached hydrogen (secondary N) is 2. The second-order valence-electron chi connectivity index (χ2n) is 3.94. The molecule has 0 spiro atoms. The Balaban J connectivity index is 2.88. The molecule has 7 heteroatoms. The van der Waals surface area contributed by atoms with Crippen LogP contribution in [0, 0.1) is 6.92 Å². The van der Waals surface area contributed by atoms with Crippen LogP contribution >= 0.6 is 11.8 Å². The summed E-state index contributed by atoms with van der Waals surface area (Å²) in [5.41, 5.74) is 0.416. The van der Waals surface area contributed by atoms with Crippen molar-refractivity contribution in [1.29, 1.82) is 0 Å². The van der Waals surface area contributed by atoms with E-state index in [9.17, 15) is 9.59 Å². The van der Waals surface area contributed by atoms with E-state index in [1.807, 2.05) is 0 Å². The molecular formula is C11H17N3O3S. The summed E-state index contributed by atoms with van der Waals surface area (Å²) in [7, 11) is 0. The summed E-state index contributed by atoms with van der Waals surface area (Å²) >= 11 is 1.25. The summed E-state index contributed by atoms with van der Waals surface area (Å²) in [6, 6.07) is 0. The molecule has 1 atom stereocenters. The molecule has 1 unspecified atom stereocenters. The van der Waals surface area contributed by atoms with Gasteiger partial charge in [0.2, 0.25) is 0 Å². The number of aliphatic hydroxyl groups excluding tert-OH is 1. The second-order valence-corrected chi connectivity index (χ2v) is 4.74. The predicted octanol–water partition coefficient (Wildman–Crippen LogP) is 0.301. The van der Waals surface area contributed by atoms with Crippen molar-refractivity contribution >= 4 is 17.7 Å². The van der Waals surface area contributed by atoms with Crippen molar-refractivity contribution in [3.8, 4) is 0 Å². The number of rotatable bonds is 5. The number of carbonyl (C=O) groups is 1. The van der Waals surface area contributed by atoms with Crippen LogP contribution < -0.4 is 11.0 Å². The predicted molar refractivity (Wildman–Crippen MR) is 70.0 cm³/mol. The Bertz CT molecular complexity index is 485. The first-order valence-corrected chi connectivity index (χ1v) is 6.79. The SMILES string of the molecule is CSc1nc(=O)[nH]c(C)c1C(=O)NCCC(C)O. The molecule has 0 bridgehead atoms. The lowest BCUT2D eigenvalue weighted by atomic mass is 10.2. The van der Waals surface area contributed by atoms with Gasteiger partial charge >= 0.3 is 5.69 Å². The average molecular weight is 271 g/mol. The molecule has 0 aliphatic carbocycles. The molecule has 3 N–H and O–H groups in total. The highest BCUT2D eigenvalue weighted by molar-refractivity contribution is 7.98. The highest BCUT2D eigenvalue weighted by atomic mass is 32.2. The fraction of sp³-hybridized carbons (Fsp3) is 0.545. The van der Waals surface area contributed by atoms with Crippen LogP contribution in [0.1, 0.15) is 29.4 Å². The molecular weight excluding hydrogens is 254 g/mol. The van der Waals surface area contributed by atoms with Gasteiger partial charge in [-0.1, -0.05) is 0 Å². The molecule has 100 valence electrons. The first-order valence-electron chi connectivity index (χ1n) is 5.57. The molecule has 0 fully saturated rings. The van der Waals surface area contributed by atoms with E-state index in [1.54, 1.807) is 20.1 Å². The zero-order valence-electron chi connectivity index (χ0n) is 10.6. The number of aromatic amines is 1. The van der Waals surface area contributed by atoms with Gasteiger partial charge in [-0.25, -0.2) is 4.79 Å². The largest absolute Gasteiger partial charge is 0.393 e. The number of hydrogen-bond acceptors (Lipinski definition) is 5. The van der Waals surface area contributed by atoms with Gasteiger partial charge in [0.25, 0.3) is 5.91 Å². The molecule has 1 rings (SSSR count). The quantitative estimate of drug-likeness (QED) is 0.529. The number of carbonyl (C=O) groups excluding carboxylic acids is 1. The van der Waals surface area contributed by atoms with E-state index in [1.165, 1.54) is 11.8 Å². The molecule has 0 radical (unpaired) electrons. The van der Waals surface area contributed by atoms with Gasteiger partial charge in [0.05, 0.1) is 11.7 Å². The molecule has 1 aromatic rings. The maximum atomic E-state index is 12.0. The third-order valence-corrected chi connectivity index (χ3v) is 3.04. The van der Waals surface area contributed by atoms with Gasteiger partial charge in [-0.2, -0.15) is 4.98 Å². The number of aromatic nitrogens is 2. The van der Waals surface area contributed by atoms with Crippen LogP contribution in [0.15, 0.2) is 9.82 Å². The van der Waals surface area contributed by atoms with E-state index < -0.39 is 11.8 Å². The fourth-order valence-electron chi connectivity index (χ4n) is 1.46. The minimum absolute atomic E-state index is 0.291. The number of aryl methyl sites for hydroxylation is 1. The summed E-state index contributed by atoms with van der Waals surface area (Å²) in [6.07, 6.45) is 1.78. The Morgan fingerprint density at radius 2 is 2.28 bits per heavy atom.